The molecule has 0 radical (unpaired) electrons. The van der Waals surface area contributed by atoms with Crippen molar-refractivity contribution in [3.05, 3.63) is 0 Å². The fourth-order valence-electron chi connectivity index (χ4n) is 1.62. The molecule has 0 saturated carbocycles. The van der Waals surface area contributed by atoms with Gasteiger partial charge < -0.3 is 0 Å². The van der Waals surface area contributed by atoms with Gasteiger partial charge in [0.2, 0.25) is 0 Å². The van der Waals surface area contributed by atoms with Crippen LogP contribution in [-0.2, 0) is 38.9 Å². The first-order chi connectivity index (χ1) is 8.31. The predicted octanol–water partition coefficient (Wildman–Crippen LogP) is 0.856. The van der Waals surface area contributed by atoms with Gasteiger partial charge in [-0.2, -0.15) is 0 Å². The minimum atomic E-state index is -1.48. The summed E-state index contributed by atoms with van der Waals surface area (Å²) in [6.45, 7) is 6.99. The number of amides is 2. The molecular weight excluding hydrogens is 421 g/mol. The second kappa shape index (κ2) is 8.85. The third-order valence-electron chi connectivity index (χ3n) is 2.73. The zero-order chi connectivity index (χ0) is 14.2. The second-order valence-corrected chi connectivity index (χ2v) is 15.9. The van der Waals surface area contributed by atoms with Crippen molar-refractivity contribution in [2.75, 3.05) is 31.4 Å². The van der Waals surface area contributed by atoms with E-state index >= 15 is 0 Å². The van der Waals surface area contributed by atoms with Crippen LogP contribution in [0.4, 0.5) is 0 Å². The second-order valence-electron chi connectivity index (χ2n) is 5.13. The first-order valence-corrected chi connectivity index (χ1v) is 13.0. The molecule has 0 fully saturated rings. The van der Waals surface area contributed by atoms with E-state index < -0.39 is 24.6 Å². The Hall–Kier alpha value is -0.165. The van der Waals surface area contributed by atoms with Gasteiger partial charge in [-0.15, -0.1) is 0 Å². The molecule has 2 amide bonds. The van der Waals surface area contributed by atoms with Gasteiger partial charge in [0.15, 0.2) is 0 Å². The summed E-state index contributed by atoms with van der Waals surface area (Å²) in [5.74, 6) is 0.198. The summed E-state index contributed by atoms with van der Waals surface area (Å²) >= 11 is -1.48. The number of carbonyl (C=O) groups excluding carboxylic acids is 2. The van der Waals surface area contributed by atoms with Gasteiger partial charge in [0, 0.05) is 0 Å². The normalized spacial score (nSPS) is 10.7. The van der Waals surface area contributed by atoms with Gasteiger partial charge in [0.25, 0.3) is 0 Å². The molecule has 0 spiro atoms. The Kier molecular flexibility index (Phi) is 8.77. The number of hydrogen-bond donors (Lipinski definition) is 1. The van der Waals surface area contributed by atoms with Crippen LogP contribution in [0.5, 0.6) is 0 Å². The van der Waals surface area contributed by atoms with Crippen molar-refractivity contribution in [2.45, 2.75) is 30.1 Å². The van der Waals surface area contributed by atoms with Crippen molar-refractivity contribution in [1.82, 2.24) is 10.2 Å². The van der Waals surface area contributed by atoms with Crippen molar-refractivity contribution >= 4 is 11.8 Å². The Balaban J connectivity index is 3.89. The number of carbonyl (C=O) groups is 2. The molecule has 0 bridgehead atoms. The molecule has 0 aromatic carbocycles. The maximum absolute atomic E-state index is 11.9. The van der Waals surface area contributed by atoms with Crippen LogP contribution in [0, 0.1) is 0 Å². The molecule has 0 unspecified atom stereocenters. The van der Waals surface area contributed by atoms with Crippen LogP contribution in [-0.4, -0.2) is 48.1 Å². The zero-order valence-corrected chi connectivity index (χ0v) is 17.7. The Morgan fingerprint density at radius 2 is 1.94 bits per heavy atom. The summed E-state index contributed by atoms with van der Waals surface area (Å²) in [7, 11) is 3.55. The molecule has 102 valence electrons. The van der Waals surface area contributed by atoms with Gasteiger partial charge in [-0.25, -0.2) is 0 Å². The standard InChI is InChI=1S/C6H12NO2.C6H12NO.Hg/c1-3-9-5-4-6(8)7-2;1-5(2)6(8)7(3)4;/h2-5H2,1H3,(H,7,8);1-4H3;. The number of ether oxygens (including phenoxy) is 1. The Labute approximate surface area is 122 Å². The van der Waals surface area contributed by atoms with E-state index in [4.69, 9.17) is 4.74 Å². The Morgan fingerprint density at radius 3 is 2.44 bits per heavy atom. The number of rotatable bonds is 8. The summed E-state index contributed by atoms with van der Waals surface area (Å²) in [4.78, 5) is 25.0. The van der Waals surface area contributed by atoms with Gasteiger partial charge in [0.1, 0.15) is 0 Å². The summed E-state index contributed by atoms with van der Waals surface area (Å²) in [5, 5.41) is 2.90. The van der Waals surface area contributed by atoms with Crippen molar-refractivity contribution in [2.24, 2.45) is 0 Å². The quantitative estimate of drug-likeness (QED) is 0.446. The van der Waals surface area contributed by atoms with Crippen LogP contribution in [0.3, 0.4) is 0 Å². The fourth-order valence-corrected chi connectivity index (χ4v) is 7.68. The van der Waals surface area contributed by atoms with Gasteiger partial charge in [-0.3, -0.25) is 0 Å². The van der Waals surface area contributed by atoms with Gasteiger partial charge >= 0.3 is 122 Å². The number of nitrogens with one attached hydrogen (secondary N) is 1. The van der Waals surface area contributed by atoms with E-state index in [1.165, 1.54) is 0 Å². The molecule has 18 heavy (non-hydrogen) atoms. The van der Waals surface area contributed by atoms with Crippen molar-refractivity contribution in [3.8, 4) is 0 Å². The molecular formula is C12H24HgN2O3. The number of hydrogen-bond acceptors (Lipinski definition) is 3. The molecule has 0 saturated heterocycles. The molecule has 0 aliphatic rings. The molecule has 1 N–H and O–H groups in total. The van der Waals surface area contributed by atoms with Crippen molar-refractivity contribution in [3.63, 3.8) is 0 Å². The summed E-state index contributed by atoms with van der Waals surface area (Å²) in [5.41, 5.74) is 0. The van der Waals surface area contributed by atoms with Crippen molar-refractivity contribution in [1.29, 1.82) is 0 Å². The third kappa shape index (κ3) is 7.31. The molecule has 5 nitrogen and oxygen atoms in total. The topological polar surface area (TPSA) is 58.6 Å². The van der Waals surface area contributed by atoms with Gasteiger partial charge in [-0.05, 0) is 0 Å². The van der Waals surface area contributed by atoms with Crippen LogP contribution >= 0.6 is 0 Å². The third-order valence-corrected chi connectivity index (χ3v) is 10.7. The van der Waals surface area contributed by atoms with Crippen LogP contribution < -0.4 is 5.32 Å². The molecule has 0 aliphatic carbocycles. The fraction of sp³-hybridized carbons (Fsp3) is 0.833. The van der Waals surface area contributed by atoms with Gasteiger partial charge in [-0.1, -0.05) is 0 Å². The average molecular weight is 445 g/mol. The van der Waals surface area contributed by atoms with Gasteiger partial charge in [0.05, 0.1) is 0 Å². The van der Waals surface area contributed by atoms with Crippen LogP contribution in [0.15, 0.2) is 0 Å². The van der Waals surface area contributed by atoms with E-state index in [9.17, 15) is 9.59 Å². The van der Waals surface area contributed by atoms with Crippen molar-refractivity contribution < 1.29 is 38.9 Å². The Bertz CT molecular complexity index is 280. The molecule has 0 aromatic rings. The SMILES string of the molecule is CCOCCC(=O)N[CH2][Hg][C](C)(C)C(=O)N(C)C. The predicted molar refractivity (Wildman–Crippen MR) is 66.9 cm³/mol. The molecule has 0 atom stereocenters. The molecule has 0 heterocycles. The molecule has 6 heteroatoms. The summed E-state index contributed by atoms with van der Waals surface area (Å²) in [6, 6.07) is 0. The number of nitrogens with zero attached hydrogens (tertiary/aromatic N) is 1. The minimum absolute atomic E-state index is 0.0246. The van der Waals surface area contributed by atoms with E-state index in [-0.39, 0.29) is 14.7 Å². The van der Waals surface area contributed by atoms with E-state index in [2.05, 4.69) is 5.32 Å². The van der Waals surface area contributed by atoms with E-state index in [0.717, 1.165) is 4.05 Å². The first-order valence-electron chi connectivity index (χ1n) is 6.37. The van der Waals surface area contributed by atoms with Crippen LogP contribution in [0.2, 0.25) is 2.92 Å². The molecule has 0 aliphatic heterocycles. The molecule has 0 rings (SSSR count). The molecule has 0 aromatic heterocycles. The van der Waals surface area contributed by atoms with E-state index in [1.807, 2.05) is 20.8 Å². The van der Waals surface area contributed by atoms with E-state index in [1.54, 1.807) is 19.0 Å². The van der Waals surface area contributed by atoms with E-state index in [0.29, 0.717) is 19.6 Å². The monoisotopic (exact) mass is 446 g/mol. The Morgan fingerprint density at radius 1 is 1.33 bits per heavy atom. The van der Waals surface area contributed by atoms with Crippen LogP contribution in [0.25, 0.3) is 0 Å². The maximum atomic E-state index is 11.9. The zero-order valence-electron chi connectivity index (χ0n) is 12.2. The summed E-state index contributed by atoms with van der Waals surface area (Å²) in [6.07, 6.45) is 0.406. The van der Waals surface area contributed by atoms with Crippen LogP contribution in [0.1, 0.15) is 27.2 Å². The first kappa shape index (κ1) is 17.8. The summed E-state index contributed by atoms with van der Waals surface area (Å²) < 4.78 is 5.63. The average Bonchev–Trinajstić information content (AvgIpc) is 2.28.